The second kappa shape index (κ2) is 2.43. The van der Waals surface area contributed by atoms with Crippen LogP contribution in [0.5, 0.6) is 0 Å². The summed E-state index contributed by atoms with van der Waals surface area (Å²) in [6, 6.07) is 0. The molecule has 0 fully saturated rings. The van der Waals surface area contributed by atoms with Crippen molar-refractivity contribution in [3.8, 4) is 0 Å². The first-order valence-electron chi connectivity index (χ1n) is 2.29. The molecule has 0 N–H and O–H groups in total. The van der Waals surface area contributed by atoms with E-state index in [1.165, 1.54) is 0 Å². The van der Waals surface area contributed by atoms with Gasteiger partial charge in [-0.3, -0.25) is 0 Å². The molecule has 3 nitrogen and oxygen atoms in total. The summed E-state index contributed by atoms with van der Waals surface area (Å²) in [7, 11) is 0. The van der Waals surface area contributed by atoms with Crippen molar-refractivity contribution in [3.05, 3.63) is 12.7 Å². The van der Waals surface area contributed by atoms with Crippen molar-refractivity contribution in [2.45, 2.75) is 11.0 Å². The van der Waals surface area contributed by atoms with Gasteiger partial charge in [0.25, 0.3) is 0 Å². The highest BCUT2D eigenvalue weighted by Crippen LogP contribution is 2.10. The lowest BCUT2D eigenvalue weighted by molar-refractivity contribution is 0.765. The molecule has 0 amide bonds. The third kappa shape index (κ3) is 1.18. The second-order valence-electron chi connectivity index (χ2n) is 1.48. The summed E-state index contributed by atoms with van der Waals surface area (Å²) in [5.74, 6) is 0. The molecule has 1 unspecified atom stereocenters. The van der Waals surface area contributed by atoms with Crippen LogP contribution in [0, 0.1) is 0 Å². The van der Waals surface area contributed by atoms with Gasteiger partial charge in [-0.1, -0.05) is 22.6 Å². The predicted octanol–water partition coefficient (Wildman–Crippen LogP) is 1.23. The van der Waals surface area contributed by atoms with E-state index in [0.717, 1.165) is 0 Å². The molecule has 8 heavy (non-hydrogen) atoms. The summed E-state index contributed by atoms with van der Waals surface area (Å²) in [6.45, 7) is 2.07. The quantitative estimate of drug-likeness (QED) is 0.529. The molecule has 1 heterocycles. The van der Waals surface area contributed by atoms with Crippen LogP contribution in [-0.4, -0.2) is 14.8 Å². The Morgan fingerprint density at radius 2 is 2.00 bits per heavy atom. The molecular formula is C4H6IN3. The van der Waals surface area contributed by atoms with E-state index in [-0.39, 0.29) is 0 Å². The fraction of sp³-hybridized carbons (Fsp3) is 0.500. The molecule has 0 aromatic carbocycles. The summed E-state index contributed by atoms with van der Waals surface area (Å²) < 4.78 is 2.38. The zero-order valence-corrected chi connectivity index (χ0v) is 6.61. The number of alkyl halides is 1. The van der Waals surface area contributed by atoms with Gasteiger partial charge in [0.1, 0.15) is 12.7 Å². The molecule has 0 bridgehead atoms. The van der Waals surface area contributed by atoms with Crippen molar-refractivity contribution in [2.24, 2.45) is 0 Å². The number of nitrogens with zero attached hydrogens (tertiary/aromatic N) is 3. The summed E-state index contributed by atoms with van der Waals surface area (Å²) in [6.07, 6.45) is 3.41. The lowest BCUT2D eigenvalue weighted by Gasteiger charge is -1.99. The molecule has 0 spiro atoms. The molecule has 1 atom stereocenters. The van der Waals surface area contributed by atoms with Crippen molar-refractivity contribution in [3.63, 3.8) is 0 Å². The summed E-state index contributed by atoms with van der Waals surface area (Å²) in [5, 5.41) is 7.30. The van der Waals surface area contributed by atoms with E-state index < -0.39 is 0 Å². The van der Waals surface area contributed by atoms with Crippen LogP contribution in [0.3, 0.4) is 0 Å². The summed E-state index contributed by atoms with van der Waals surface area (Å²) in [5.41, 5.74) is 0. The lowest BCUT2D eigenvalue weighted by Crippen LogP contribution is -1.91. The van der Waals surface area contributed by atoms with Crippen molar-refractivity contribution in [2.75, 3.05) is 0 Å². The number of rotatable bonds is 1. The molecule has 1 aromatic rings. The van der Waals surface area contributed by atoms with Crippen LogP contribution in [0.15, 0.2) is 12.7 Å². The number of hydrogen-bond acceptors (Lipinski definition) is 2. The van der Waals surface area contributed by atoms with Gasteiger partial charge in [-0.25, -0.2) is 0 Å². The number of hydrogen-bond donors (Lipinski definition) is 0. The molecule has 0 saturated heterocycles. The highest BCUT2D eigenvalue weighted by Gasteiger charge is 1.94. The van der Waals surface area contributed by atoms with Gasteiger partial charge >= 0.3 is 0 Å². The third-order valence-corrected chi connectivity index (χ3v) is 1.49. The van der Waals surface area contributed by atoms with Crippen molar-refractivity contribution < 1.29 is 0 Å². The zero-order chi connectivity index (χ0) is 5.98. The zero-order valence-electron chi connectivity index (χ0n) is 4.45. The fourth-order valence-electron chi connectivity index (χ4n) is 0.392. The number of halogens is 1. The SMILES string of the molecule is CC(I)n1cnnc1. The minimum absolute atomic E-state index is 0.447. The van der Waals surface area contributed by atoms with Crippen molar-refractivity contribution in [1.29, 1.82) is 0 Å². The van der Waals surface area contributed by atoms with E-state index >= 15 is 0 Å². The standard InChI is InChI=1S/C4H6IN3/c1-4(5)8-2-6-7-3-8/h2-4H,1H3. The van der Waals surface area contributed by atoms with Crippen LogP contribution < -0.4 is 0 Å². The average molecular weight is 223 g/mol. The highest BCUT2D eigenvalue weighted by atomic mass is 127. The van der Waals surface area contributed by atoms with Gasteiger partial charge in [-0.2, -0.15) is 0 Å². The van der Waals surface area contributed by atoms with Gasteiger partial charge < -0.3 is 4.57 Å². The van der Waals surface area contributed by atoms with Gasteiger partial charge in [-0.15, -0.1) is 10.2 Å². The monoisotopic (exact) mass is 223 g/mol. The van der Waals surface area contributed by atoms with Crippen LogP contribution in [-0.2, 0) is 0 Å². The highest BCUT2D eigenvalue weighted by molar-refractivity contribution is 14.1. The van der Waals surface area contributed by atoms with Gasteiger partial charge in [0.05, 0.1) is 4.05 Å². The Morgan fingerprint density at radius 1 is 1.50 bits per heavy atom. The van der Waals surface area contributed by atoms with Crippen LogP contribution in [0.25, 0.3) is 0 Å². The Kier molecular flexibility index (Phi) is 1.82. The van der Waals surface area contributed by atoms with Gasteiger partial charge in [0.15, 0.2) is 0 Å². The smallest absolute Gasteiger partial charge is 0.120 e. The van der Waals surface area contributed by atoms with E-state index in [4.69, 9.17) is 0 Å². The molecule has 0 aliphatic rings. The molecule has 44 valence electrons. The minimum atomic E-state index is 0.447. The topological polar surface area (TPSA) is 30.7 Å². The molecule has 1 rings (SSSR count). The van der Waals surface area contributed by atoms with E-state index in [2.05, 4.69) is 39.7 Å². The van der Waals surface area contributed by atoms with Crippen LogP contribution in [0.4, 0.5) is 0 Å². The Bertz CT molecular complexity index is 146. The molecule has 0 radical (unpaired) electrons. The normalized spacial score (nSPS) is 13.8. The van der Waals surface area contributed by atoms with Crippen LogP contribution in [0.1, 0.15) is 11.0 Å². The molecular weight excluding hydrogens is 217 g/mol. The summed E-state index contributed by atoms with van der Waals surface area (Å²) in [4.78, 5) is 0. The molecule has 0 aliphatic carbocycles. The summed E-state index contributed by atoms with van der Waals surface area (Å²) >= 11 is 2.29. The van der Waals surface area contributed by atoms with Gasteiger partial charge in [-0.05, 0) is 6.92 Å². The maximum absolute atomic E-state index is 3.65. The Labute approximate surface area is 61.3 Å². The van der Waals surface area contributed by atoms with E-state index in [1.807, 2.05) is 4.57 Å². The first-order chi connectivity index (χ1) is 3.80. The Balaban J connectivity index is 2.77. The van der Waals surface area contributed by atoms with Gasteiger partial charge in [0, 0.05) is 0 Å². The van der Waals surface area contributed by atoms with Crippen molar-refractivity contribution >= 4 is 22.6 Å². The first-order valence-corrected chi connectivity index (χ1v) is 3.53. The Hall–Kier alpha value is -0.130. The molecule has 4 heteroatoms. The average Bonchev–Trinajstić information content (AvgIpc) is 2.12. The third-order valence-electron chi connectivity index (χ3n) is 0.847. The van der Waals surface area contributed by atoms with E-state index in [1.54, 1.807) is 12.7 Å². The van der Waals surface area contributed by atoms with E-state index in [9.17, 15) is 0 Å². The maximum atomic E-state index is 3.65. The molecule has 0 saturated carbocycles. The Morgan fingerprint density at radius 3 is 2.25 bits per heavy atom. The molecule has 0 aliphatic heterocycles. The first kappa shape index (κ1) is 6.00. The minimum Gasteiger partial charge on any atom is -0.308 e. The predicted molar refractivity (Wildman–Crippen MR) is 38.8 cm³/mol. The van der Waals surface area contributed by atoms with Gasteiger partial charge in [0.2, 0.25) is 0 Å². The lowest BCUT2D eigenvalue weighted by atomic mass is 10.7. The van der Waals surface area contributed by atoms with Crippen LogP contribution >= 0.6 is 22.6 Å². The number of aromatic nitrogens is 3. The van der Waals surface area contributed by atoms with Crippen LogP contribution in [0.2, 0.25) is 0 Å². The maximum Gasteiger partial charge on any atom is 0.120 e. The fourth-order valence-corrected chi connectivity index (χ4v) is 0.680. The van der Waals surface area contributed by atoms with Crippen molar-refractivity contribution in [1.82, 2.24) is 14.8 Å². The second-order valence-corrected chi connectivity index (χ2v) is 3.29. The van der Waals surface area contributed by atoms with E-state index in [0.29, 0.717) is 4.05 Å². The largest absolute Gasteiger partial charge is 0.308 e. The molecule has 1 aromatic heterocycles.